The van der Waals surface area contributed by atoms with E-state index in [0.29, 0.717) is 10.7 Å². The van der Waals surface area contributed by atoms with Gasteiger partial charge in [-0.15, -0.1) is 0 Å². The largest absolute Gasteiger partial charge is 0.289 e. The molecule has 0 amide bonds. The highest BCUT2D eigenvalue weighted by Crippen LogP contribution is 2.21. The number of hydrogen-bond acceptors (Lipinski definition) is 2. The lowest BCUT2D eigenvalue weighted by molar-refractivity contribution is 0.279. The maximum Gasteiger partial charge on any atom is 0.0645 e. The fourth-order valence-electron chi connectivity index (χ4n) is 0.783. The van der Waals surface area contributed by atoms with Crippen LogP contribution in [0.4, 0.5) is 5.69 Å². The molecule has 0 atom stereocenters. The smallest absolute Gasteiger partial charge is 0.0645 e. The molecule has 0 fully saturated rings. The summed E-state index contributed by atoms with van der Waals surface area (Å²) >= 11 is 5.82. The monoisotopic (exact) mass is 171 g/mol. The van der Waals surface area contributed by atoms with Crippen LogP contribution in [0, 0.1) is 6.92 Å². The first-order valence-electron chi connectivity index (χ1n) is 3.30. The topological polar surface area (TPSA) is 23.5 Å². The Hall–Kier alpha value is -0.730. The molecule has 0 radical (unpaired) electrons. The van der Waals surface area contributed by atoms with Crippen LogP contribution in [0.5, 0.6) is 0 Å². The quantitative estimate of drug-likeness (QED) is 0.657. The van der Waals surface area contributed by atoms with E-state index in [0.717, 1.165) is 10.6 Å². The van der Waals surface area contributed by atoms with Crippen LogP contribution in [0.2, 0.25) is 5.02 Å². The Balaban J connectivity index is 3.05. The predicted octanol–water partition coefficient (Wildman–Crippen LogP) is 2.47. The van der Waals surface area contributed by atoms with Crippen molar-refractivity contribution < 1.29 is 5.21 Å². The summed E-state index contributed by atoms with van der Waals surface area (Å²) in [6, 6.07) is 5.39. The third kappa shape index (κ3) is 1.85. The van der Waals surface area contributed by atoms with Crippen LogP contribution in [-0.4, -0.2) is 12.3 Å². The maximum atomic E-state index is 9.01. The Kier molecular flexibility index (Phi) is 2.37. The second-order valence-corrected chi connectivity index (χ2v) is 2.86. The molecule has 1 rings (SSSR count). The molecule has 0 aliphatic rings. The van der Waals surface area contributed by atoms with Crippen molar-refractivity contribution in [3.05, 3.63) is 28.8 Å². The van der Waals surface area contributed by atoms with Crippen LogP contribution in [-0.2, 0) is 0 Å². The molecule has 0 saturated carbocycles. The van der Waals surface area contributed by atoms with Crippen molar-refractivity contribution in [1.82, 2.24) is 0 Å². The number of hydrogen-bond donors (Lipinski definition) is 1. The Bertz CT molecular complexity index is 260. The van der Waals surface area contributed by atoms with Crippen LogP contribution >= 0.6 is 11.6 Å². The number of rotatable bonds is 1. The van der Waals surface area contributed by atoms with Gasteiger partial charge in [0.1, 0.15) is 0 Å². The molecule has 60 valence electrons. The second kappa shape index (κ2) is 3.11. The second-order valence-electron chi connectivity index (χ2n) is 2.46. The van der Waals surface area contributed by atoms with Gasteiger partial charge < -0.3 is 0 Å². The average molecular weight is 172 g/mol. The Morgan fingerprint density at radius 2 is 2.09 bits per heavy atom. The zero-order chi connectivity index (χ0) is 8.43. The Morgan fingerprint density at radius 1 is 1.45 bits per heavy atom. The van der Waals surface area contributed by atoms with E-state index in [-0.39, 0.29) is 0 Å². The summed E-state index contributed by atoms with van der Waals surface area (Å²) in [5.74, 6) is 0. The summed E-state index contributed by atoms with van der Waals surface area (Å²) in [6.07, 6.45) is 0. The molecule has 0 heterocycles. The third-order valence-electron chi connectivity index (χ3n) is 1.53. The first-order chi connectivity index (χ1) is 5.11. The molecule has 0 aliphatic heterocycles. The maximum absolute atomic E-state index is 9.01. The van der Waals surface area contributed by atoms with Gasteiger partial charge >= 0.3 is 0 Å². The van der Waals surface area contributed by atoms with E-state index in [4.69, 9.17) is 16.8 Å². The molecule has 0 aliphatic carbocycles. The van der Waals surface area contributed by atoms with E-state index in [9.17, 15) is 0 Å². The summed E-state index contributed by atoms with van der Waals surface area (Å²) in [5, 5.41) is 10.7. The zero-order valence-corrected chi connectivity index (χ0v) is 7.26. The van der Waals surface area contributed by atoms with Crippen LogP contribution < -0.4 is 5.06 Å². The van der Waals surface area contributed by atoms with Crippen molar-refractivity contribution in [3.63, 3.8) is 0 Å². The fourth-order valence-corrected chi connectivity index (χ4v) is 0.958. The number of halogens is 1. The lowest BCUT2D eigenvalue weighted by Crippen LogP contribution is -2.09. The molecular formula is C8H10ClNO. The molecule has 1 aromatic carbocycles. The summed E-state index contributed by atoms with van der Waals surface area (Å²) in [5.41, 5.74) is 1.71. The van der Waals surface area contributed by atoms with Crippen LogP contribution in [0.1, 0.15) is 5.56 Å². The van der Waals surface area contributed by atoms with Gasteiger partial charge in [0.2, 0.25) is 0 Å². The molecule has 1 aromatic rings. The number of benzene rings is 1. The first-order valence-corrected chi connectivity index (χ1v) is 3.68. The molecule has 2 nitrogen and oxygen atoms in total. The fraction of sp³-hybridized carbons (Fsp3) is 0.250. The molecule has 0 unspecified atom stereocenters. The molecule has 0 aromatic heterocycles. The average Bonchev–Trinajstić information content (AvgIpc) is 1.94. The molecule has 11 heavy (non-hydrogen) atoms. The van der Waals surface area contributed by atoms with Crippen molar-refractivity contribution in [2.24, 2.45) is 0 Å². The van der Waals surface area contributed by atoms with E-state index >= 15 is 0 Å². The minimum absolute atomic E-state index is 0.670. The molecule has 0 saturated heterocycles. The van der Waals surface area contributed by atoms with Crippen LogP contribution in [0.15, 0.2) is 18.2 Å². The predicted molar refractivity (Wildman–Crippen MR) is 46.4 cm³/mol. The normalized spacial score (nSPS) is 9.82. The van der Waals surface area contributed by atoms with Crippen molar-refractivity contribution in [2.75, 3.05) is 12.1 Å². The van der Waals surface area contributed by atoms with E-state index in [1.54, 1.807) is 19.2 Å². The number of nitrogens with zero attached hydrogens (tertiary/aromatic N) is 1. The zero-order valence-electron chi connectivity index (χ0n) is 6.50. The van der Waals surface area contributed by atoms with Crippen molar-refractivity contribution >= 4 is 17.3 Å². The van der Waals surface area contributed by atoms with E-state index in [2.05, 4.69) is 0 Å². The van der Waals surface area contributed by atoms with Gasteiger partial charge in [0.15, 0.2) is 0 Å². The van der Waals surface area contributed by atoms with Gasteiger partial charge in [-0.2, -0.15) is 0 Å². The molecule has 0 bridgehead atoms. The highest BCUT2D eigenvalue weighted by Gasteiger charge is 1.99. The van der Waals surface area contributed by atoms with Crippen LogP contribution in [0.3, 0.4) is 0 Å². The van der Waals surface area contributed by atoms with Gasteiger partial charge in [-0.25, -0.2) is 0 Å². The van der Waals surface area contributed by atoms with Gasteiger partial charge in [-0.1, -0.05) is 17.7 Å². The molecular weight excluding hydrogens is 162 g/mol. The van der Waals surface area contributed by atoms with Gasteiger partial charge in [0, 0.05) is 12.1 Å². The van der Waals surface area contributed by atoms with Crippen LogP contribution in [0.25, 0.3) is 0 Å². The van der Waals surface area contributed by atoms with E-state index in [1.165, 1.54) is 0 Å². The van der Waals surface area contributed by atoms with Gasteiger partial charge in [-0.05, 0) is 24.6 Å². The SMILES string of the molecule is Cc1ccc(N(C)O)cc1Cl. The van der Waals surface area contributed by atoms with Crippen molar-refractivity contribution in [2.45, 2.75) is 6.92 Å². The van der Waals surface area contributed by atoms with Crippen molar-refractivity contribution in [3.8, 4) is 0 Å². The minimum atomic E-state index is 0.670. The lowest BCUT2D eigenvalue weighted by atomic mass is 10.2. The Labute approximate surface area is 71.0 Å². The van der Waals surface area contributed by atoms with Gasteiger partial charge in [0.05, 0.1) is 5.69 Å². The Morgan fingerprint density at radius 3 is 2.55 bits per heavy atom. The molecule has 1 N–H and O–H groups in total. The summed E-state index contributed by atoms with van der Waals surface area (Å²) in [6.45, 7) is 1.92. The number of aryl methyl sites for hydroxylation is 1. The number of anilines is 1. The molecule has 3 heteroatoms. The third-order valence-corrected chi connectivity index (χ3v) is 1.94. The summed E-state index contributed by atoms with van der Waals surface area (Å²) in [7, 11) is 1.56. The first kappa shape index (κ1) is 8.37. The van der Waals surface area contributed by atoms with Crippen molar-refractivity contribution in [1.29, 1.82) is 0 Å². The standard InChI is InChI=1S/C8H10ClNO/c1-6-3-4-7(10(2)11)5-8(6)9/h3-5,11H,1-2H3. The summed E-state index contributed by atoms with van der Waals surface area (Å²) < 4.78 is 0. The highest BCUT2D eigenvalue weighted by molar-refractivity contribution is 6.31. The van der Waals surface area contributed by atoms with E-state index in [1.807, 2.05) is 13.0 Å². The number of hydroxylamine groups is 1. The minimum Gasteiger partial charge on any atom is -0.289 e. The van der Waals surface area contributed by atoms with Gasteiger partial charge in [0.25, 0.3) is 0 Å². The van der Waals surface area contributed by atoms with Gasteiger partial charge in [-0.3, -0.25) is 10.3 Å². The summed E-state index contributed by atoms with van der Waals surface area (Å²) in [4.78, 5) is 0. The highest BCUT2D eigenvalue weighted by atomic mass is 35.5. The molecule has 0 spiro atoms. The lowest BCUT2D eigenvalue weighted by Gasteiger charge is -2.10. The van der Waals surface area contributed by atoms with E-state index < -0.39 is 0 Å².